The van der Waals surface area contributed by atoms with E-state index in [9.17, 15) is 9.90 Å². The molecule has 94 valence electrons. The van der Waals surface area contributed by atoms with E-state index in [1.165, 1.54) is 12.8 Å². The van der Waals surface area contributed by atoms with Crippen LogP contribution in [0.25, 0.3) is 0 Å². The van der Waals surface area contributed by atoms with Crippen molar-refractivity contribution in [1.82, 2.24) is 9.80 Å². The van der Waals surface area contributed by atoms with Crippen LogP contribution in [0.5, 0.6) is 0 Å². The van der Waals surface area contributed by atoms with Crippen molar-refractivity contribution in [3.05, 3.63) is 0 Å². The van der Waals surface area contributed by atoms with Gasteiger partial charge in [-0.1, -0.05) is 0 Å². The highest BCUT2D eigenvalue weighted by Gasteiger charge is 2.29. The van der Waals surface area contributed by atoms with E-state index in [4.69, 9.17) is 0 Å². The largest absolute Gasteiger partial charge is 0.389 e. The number of amides is 1. The maximum absolute atomic E-state index is 12.0. The molecule has 1 aliphatic rings. The average Bonchev–Trinajstić information content (AvgIpc) is 2.95. The van der Waals surface area contributed by atoms with Gasteiger partial charge < -0.3 is 10.0 Å². The topological polar surface area (TPSA) is 43.8 Å². The summed E-state index contributed by atoms with van der Waals surface area (Å²) in [6, 6.07) is 0.602. The molecular formula is C12H24N2O2. The van der Waals surface area contributed by atoms with Gasteiger partial charge in [-0.3, -0.25) is 9.69 Å². The Bertz CT molecular complexity index is 244. The lowest BCUT2D eigenvalue weighted by molar-refractivity contribution is -0.135. The van der Waals surface area contributed by atoms with Crippen LogP contribution in [0.15, 0.2) is 0 Å². The summed E-state index contributed by atoms with van der Waals surface area (Å²) < 4.78 is 0. The fourth-order valence-electron chi connectivity index (χ4n) is 1.80. The van der Waals surface area contributed by atoms with Crippen molar-refractivity contribution >= 4 is 5.91 Å². The van der Waals surface area contributed by atoms with Crippen LogP contribution in [0.4, 0.5) is 0 Å². The van der Waals surface area contributed by atoms with E-state index in [0.29, 0.717) is 25.7 Å². The first-order chi connectivity index (χ1) is 7.33. The van der Waals surface area contributed by atoms with E-state index >= 15 is 0 Å². The molecule has 1 rings (SSSR count). The summed E-state index contributed by atoms with van der Waals surface area (Å²) in [6.45, 7) is 6.93. The van der Waals surface area contributed by atoms with Crippen LogP contribution in [0, 0.1) is 0 Å². The zero-order valence-corrected chi connectivity index (χ0v) is 10.9. The molecule has 0 aliphatic heterocycles. The molecule has 0 bridgehead atoms. The molecule has 4 nitrogen and oxygen atoms in total. The summed E-state index contributed by atoms with van der Waals surface area (Å²) in [5.74, 6) is 0.110. The Labute approximate surface area is 98.2 Å². The summed E-state index contributed by atoms with van der Waals surface area (Å²) in [5, 5.41) is 9.72. The lowest BCUT2D eigenvalue weighted by Gasteiger charge is -2.29. The summed E-state index contributed by atoms with van der Waals surface area (Å²) in [7, 11) is 1.99. The molecule has 4 heteroatoms. The molecule has 16 heavy (non-hydrogen) atoms. The van der Waals surface area contributed by atoms with Gasteiger partial charge in [-0.2, -0.15) is 0 Å². The van der Waals surface area contributed by atoms with E-state index in [0.717, 1.165) is 0 Å². The van der Waals surface area contributed by atoms with Gasteiger partial charge in [-0.25, -0.2) is 0 Å². The minimum absolute atomic E-state index is 0.110. The number of likely N-dealkylation sites (N-methyl/N-ethyl adjacent to an activating group) is 2. The maximum atomic E-state index is 12.0. The number of rotatable bonds is 6. The number of hydrogen-bond acceptors (Lipinski definition) is 3. The molecule has 0 radical (unpaired) electrons. The van der Waals surface area contributed by atoms with E-state index in [1.807, 2.05) is 14.0 Å². The molecule has 0 saturated heterocycles. The Morgan fingerprint density at radius 1 is 1.44 bits per heavy atom. The highest BCUT2D eigenvalue weighted by atomic mass is 16.3. The van der Waals surface area contributed by atoms with E-state index in [2.05, 4.69) is 4.90 Å². The average molecular weight is 228 g/mol. The Balaban J connectivity index is 2.42. The van der Waals surface area contributed by atoms with Crippen molar-refractivity contribution in [3.8, 4) is 0 Å². The summed E-state index contributed by atoms with van der Waals surface area (Å²) in [4.78, 5) is 15.8. The fourth-order valence-corrected chi connectivity index (χ4v) is 1.80. The van der Waals surface area contributed by atoms with Gasteiger partial charge in [0.05, 0.1) is 12.1 Å². The minimum Gasteiger partial charge on any atom is -0.389 e. The zero-order chi connectivity index (χ0) is 12.3. The number of aliphatic hydroxyl groups is 1. The smallest absolute Gasteiger partial charge is 0.236 e. The molecule has 1 aliphatic carbocycles. The van der Waals surface area contributed by atoms with Gasteiger partial charge in [-0.15, -0.1) is 0 Å². The lowest BCUT2D eigenvalue weighted by atomic mass is 10.1. The van der Waals surface area contributed by atoms with Crippen molar-refractivity contribution in [2.24, 2.45) is 0 Å². The first kappa shape index (κ1) is 13.5. The number of nitrogens with zero attached hydrogens (tertiary/aromatic N) is 2. The fraction of sp³-hybridized carbons (Fsp3) is 0.917. The first-order valence-corrected chi connectivity index (χ1v) is 6.04. The monoisotopic (exact) mass is 228 g/mol. The molecule has 0 atom stereocenters. The standard InChI is InChI=1S/C12H24N2O2/c1-5-14(9-12(2,3)16)11(15)8-13(4)10-6-7-10/h10,16H,5-9H2,1-4H3. The maximum Gasteiger partial charge on any atom is 0.236 e. The van der Waals surface area contributed by atoms with Crippen LogP contribution in [0.3, 0.4) is 0 Å². The second-order valence-corrected chi connectivity index (χ2v) is 5.37. The third-order valence-corrected chi connectivity index (χ3v) is 2.87. The highest BCUT2D eigenvalue weighted by Crippen LogP contribution is 2.25. The zero-order valence-electron chi connectivity index (χ0n) is 10.9. The van der Waals surface area contributed by atoms with Crippen LogP contribution < -0.4 is 0 Å². The number of carbonyl (C=O) groups excluding carboxylic acids is 1. The van der Waals surface area contributed by atoms with Gasteiger partial charge in [0.15, 0.2) is 0 Å². The van der Waals surface area contributed by atoms with Gasteiger partial charge >= 0.3 is 0 Å². The van der Waals surface area contributed by atoms with Crippen molar-refractivity contribution in [3.63, 3.8) is 0 Å². The molecule has 0 aromatic heterocycles. The molecule has 1 N–H and O–H groups in total. The molecule has 0 aromatic rings. The molecule has 1 fully saturated rings. The SMILES string of the molecule is CCN(CC(C)(C)O)C(=O)CN(C)C1CC1. The molecular weight excluding hydrogens is 204 g/mol. The van der Waals surface area contributed by atoms with E-state index in [-0.39, 0.29) is 5.91 Å². The normalized spacial score (nSPS) is 16.6. The van der Waals surface area contributed by atoms with Crippen LogP contribution in [0.2, 0.25) is 0 Å². The quantitative estimate of drug-likeness (QED) is 0.728. The van der Waals surface area contributed by atoms with Crippen molar-refractivity contribution < 1.29 is 9.90 Å². The predicted octanol–water partition coefficient (Wildman–Crippen LogP) is 0.700. The molecule has 0 unspecified atom stereocenters. The summed E-state index contributed by atoms with van der Waals surface area (Å²) in [5.41, 5.74) is -0.816. The Kier molecular flexibility index (Phi) is 4.33. The van der Waals surface area contributed by atoms with E-state index < -0.39 is 5.60 Å². The number of hydrogen-bond donors (Lipinski definition) is 1. The molecule has 0 aromatic carbocycles. The molecule has 0 heterocycles. The Morgan fingerprint density at radius 3 is 2.38 bits per heavy atom. The molecule has 1 amide bonds. The minimum atomic E-state index is -0.816. The second-order valence-electron chi connectivity index (χ2n) is 5.37. The highest BCUT2D eigenvalue weighted by molar-refractivity contribution is 5.78. The van der Waals surface area contributed by atoms with Gasteiger partial charge in [-0.05, 0) is 40.7 Å². The van der Waals surface area contributed by atoms with Gasteiger partial charge in [0.2, 0.25) is 5.91 Å². The molecule has 1 saturated carbocycles. The number of carbonyl (C=O) groups is 1. The van der Waals surface area contributed by atoms with Gasteiger partial charge in [0.1, 0.15) is 0 Å². The Hall–Kier alpha value is -0.610. The predicted molar refractivity (Wildman–Crippen MR) is 64.2 cm³/mol. The second kappa shape index (κ2) is 5.15. The van der Waals surface area contributed by atoms with E-state index in [1.54, 1.807) is 18.7 Å². The lowest BCUT2D eigenvalue weighted by Crippen LogP contribution is -2.46. The summed E-state index contributed by atoms with van der Waals surface area (Å²) >= 11 is 0. The first-order valence-electron chi connectivity index (χ1n) is 6.04. The van der Waals surface area contributed by atoms with Crippen LogP contribution in [-0.2, 0) is 4.79 Å². The van der Waals surface area contributed by atoms with Crippen LogP contribution in [-0.4, -0.2) is 59.1 Å². The van der Waals surface area contributed by atoms with Crippen LogP contribution in [0.1, 0.15) is 33.6 Å². The van der Waals surface area contributed by atoms with Crippen LogP contribution >= 0.6 is 0 Å². The van der Waals surface area contributed by atoms with Crippen molar-refractivity contribution in [1.29, 1.82) is 0 Å². The van der Waals surface area contributed by atoms with Crippen molar-refractivity contribution in [2.75, 3.05) is 26.7 Å². The Morgan fingerprint density at radius 2 is 2.00 bits per heavy atom. The van der Waals surface area contributed by atoms with Gasteiger partial charge in [0.25, 0.3) is 0 Å². The third kappa shape index (κ3) is 4.49. The van der Waals surface area contributed by atoms with Crippen molar-refractivity contribution in [2.45, 2.75) is 45.3 Å². The third-order valence-electron chi connectivity index (χ3n) is 2.87. The van der Waals surface area contributed by atoms with Gasteiger partial charge in [0, 0.05) is 19.1 Å². The summed E-state index contributed by atoms with van der Waals surface area (Å²) in [6.07, 6.45) is 2.42. The molecule has 0 spiro atoms.